The summed E-state index contributed by atoms with van der Waals surface area (Å²) in [6.07, 6.45) is 6.65. The Morgan fingerprint density at radius 3 is 2.38 bits per heavy atom. The summed E-state index contributed by atoms with van der Waals surface area (Å²) in [5, 5.41) is 7.66. The lowest BCUT2D eigenvalue weighted by atomic mass is 9.95. The highest BCUT2D eigenvalue weighted by Crippen LogP contribution is 2.46. The SMILES string of the molecule is CSc1ccc(C2c3c(-c4ccc(C)cc4)n[nH]c3C(=O)N2C2CCCC2)cc1. The third kappa shape index (κ3) is 3.08. The Morgan fingerprint density at radius 2 is 1.72 bits per heavy atom. The number of aryl methyl sites for hydroxylation is 1. The molecule has 1 amide bonds. The summed E-state index contributed by atoms with van der Waals surface area (Å²) in [5.74, 6) is 0.0942. The Hall–Kier alpha value is -2.53. The topological polar surface area (TPSA) is 49.0 Å². The maximum absolute atomic E-state index is 13.4. The lowest BCUT2D eigenvalue weighted by molar-refractivity contribution is 0.0660. The molecular weight excluding hydrogens is 378 g/mol. The van der Waals surface area contributed by atoms with Crippen LogP contribution in [0.5, 0.6) is 0 Å². The van der Waals surface area contributed by atoms with Crippen molar-refractivity contribution in [2.75, 3.05) is 6.26 Å². The molecule has 1 aliphatic heterocycles. The summed E-state index contributed by atoms with van der Waals surface area (Å²) in [6, 6.07) is 17.3. The van der Waals surface area contributed by atoms with Crippen molar-refractivity contribution < 1.29 is 4.79 Å². The predicted molar refractivity (Wildman–Crippen MR) is 117 cm³/mol. The fraction of sp³-hybridized carbons (Fsp3) is 0.333. The number of aromatic nitrogens is 2. The summed E-state index contributed by atoms with van der Waals surface area (Å²) < 4.78 is 0. The molecule has 1 aromatic heterocycles. The molecule has 148 valence electrons. The fourth-order valence-corrected chi connectivity index (χ4v) is 5.18. The highest BCUT2D eigenvalue weighted by Gasteiger charge is 2.45. The zero-order chi connectivity index (χ0) is 20.0. The van der Waals surface area contributed by atoms with Crippen molar-refractivity contribution in [2.45, 2.75) is 49.6 Å². The highest BCUT2D eigenvalue weighted by atomic mass is 32.2. The summed E-state index contributed by atoms with van der Waals surface area (Å²) in [5.41, 5.74) is 6.02. The molecule has 1 fully saturated rings. The molecule has 5 heteroatoms. The van der Waals surface area contributed by atoms with E-state index in [1.54, 1.807) is 11.8 Å². The van der Waals surface area contributed by atoms with Crippen LogP contribution in [0.25, 0.3) is 11.3 Å². The number of nitrogens with one attached hydrogen (secondary N) is 1. The molecule has 0 spiro atoms. The van der Waals surface area contributed by atoms with E-state index in [-0.39, 0.29) is 11.9 Å². The van der Waals surface area contributed by atoms with E-state index in [9.17, 15) is 4.79 Å². The van der Waals surface area contributed by atoms with E-state index >= 15 is 0 Å². The molecule has 1 aliphatic carbocycles. The number of hydrogen-bond acceptors (Lipinski definition) is 3. The van der Waals surface area contributed by atoms with Crippen LogP contribution in [0.4, 0.5) is 0 Å². The Balaban J connectivity index is 1.65. The van der Waals surface area contributed by atoms with E-state index in [0.717, 1.165) is 35.2 Å². The average Bonchev–Trinajstić information content (AvgIpc) is 3.47. The number of aromatic amines is 1. The van der Waals surface area contributed by atoms with Gasteiger partial charge < -0.3 is 4.90 Å². The third-order valence-corrected chi connectivity index (χ3v) is 7.02. The van der Waals surface area contributed by atoms with Gasteiger partial charge in [-0.2, -0.15) is 5.10 Å². The van der Waals surface area contributed by atoms with Crippen molar-refractivity contribution in [3.05, 3.63) is 70.9 Å². The van der Waals surface area contributed by atoms with Gasteiger partial charge in [0.05, 0.1) is 11.7 Å². The molecule has 2 heterocycles. The average molecular weight is 404 g/mol. The minimum atomic E-state index is -0.0773. The van der Waals surface area contributed by atoms with E-state index in [0.29, 0.717) is 11.7 Å². The standard InChI is InChI=1S/C24H25N3OS/c1-15-7-9-16(10-8-15)21-20-22(26-25-21)24(28)27(18-5-3-4-6-18)23(20)17-11-13-19(29-2)14-12-17/h7-14,18,23H,3-6H2,1-2H3,(H,25,26). The number of carbonyl (C=O) groups is 1. The van der Waals surface area contributed by atoms with Gasteiger partial charge in [0.25, 0.3) is 5.91 Å². The van der Waals surface area contributed by atoms with Gasteiger partial charge in [-0.05, 0) is 43.7 Å². The molecule has 29 heavy (non-hydrogen) atoms. The molecule has 3 aromatic rings. The molecule has 0 radical (unpaired) electrons. The smallest absolute Gasteiger partial charge is 0.273 e. The number of benzene rings is 2. The normalized spacial score (nSPS) is 19.2. The van der Waals surface area contributed by atoms with Gasteiger partial charge in [-0.3, -0.25) is 9.89 Å². The summed E-state index contributed by atoms with van der Waals surface area (Å²) in [6.45, 7) is 2.08. The van der Waals surface area contributed by atoms with Crippen LogP contribution < -0.4 is 0 Å². The number of thioether (sulfide) groups is 1. The van der Waals surface area contributed by atoms with Crippen molar-refractivity contribution in [3.63, 3.8) is 0 Å². The zero-order valence-electron chi connectivity index (χ0n) is 16.8. The van der Waals surface area contributed by atoms with Gasteiger partial charge in [0.2, 0.25) is 0 Å². The molecule has 1 unspecified atom stereocenters. The summed E-state index contributed by atoms with van der Waals surface area (Å²) >= 11 is 1.74. The van der Waals surface area contributed by atoms with Gasteiger partial charge in [0, 0.05) is 22.1 Å². The number of H-pyrrole nitrogens is 1. The third-order valence-electron chi connectivity index (χ3n) is 6.28. The Labute approximate surface area is 175 Å². The molecule has 4 nitrogen and oxygen atoms in total. The fourth-order valence-electron chi connectivity index (χ4n) is 4.77. The molecular formula is C24H25N3OS. The minimum absolute atomic E-state index is 0.0773. The van der Waals surface area contributed by atoms with Crippen LogP contribution in [-0.2, 0) is 0 Å². The van der Waals surface area contributed by atoms with Gasteiger partial charge in [-0.15, -0.1) is 11.8 Å². The largest absolute Gasteiger partial charge is 0.323 e. The quantitative estimate of drug-likeness (QED) is 0.577. The second kappa shape index (κ2) is 7.38. The lowest BCUT2D eigenvalue weighted by Crippen LogP contribution is -2.37. The molecule has 0 saturated heterocycles. The van der Waals surface area contributed by atoms with Crippen LogP contribution in [0.3, 0.4) is 0 Å². The Bertz CT molecular complexity index is 1030. The van der Waals surface area contributed by atoms with E-state index in [1.165, 1.54) is 23.3 Å². The number of amides is 1. The van der Waals surface area contributed by atoms with Crippen molar-refractivity contribution >= 4 is 17.7 Å². The first-order chi connectivity index (χ1) is 14.2. The Kier molecular flexibility index (Phi) is 4.70. The van der Waals surface area contributed by atoms with Crippen molar-refractivity contribution in [1.29, 1.82) is 0 Å². The van der Waals surface area contributed by atoms with E-state index < -0.39 is 0 Å². The van der Waals surface area contributed by atoms with Crippen LogP contribution in [-0.4, -0.2) is 33.3 Å². The van der Waals surface area contributed by atoms with Gasteiger partial charge in [-0.1, -0.05) is 54.8 Å². The number of hydrogen-bond donors (Lipinski definition) is 1. The minimum Gasteiger partial charge on any atom is -0.323 e. The van der Waals surface area contributed by atoms with Crippen molar-refractivity contribution in [2.24, 2.45) is 0 Å². The number of carbonyl (C=O) groups excluding carboxylic acids is 1. The van der Waals surface area contributed by atoms with Gasteiger partial charge >= 0.3 is 0 Å². The second-order valence-electron chi connectivity index (χ2n) is 8.05. The molecule has 2 aromatic carbocycles. The maximum atomic E-state index is 13.4. The van der Waals surface area contributed by atoms with Crippen LogP contribution in [0.15, 0.2) is 53.4 Å². The molecule has 5 rings (SSSR count). The van der Waals surface area contributed by atoms with Crippen LogP contribution >= 0.6 is 11.8 Å². The number of nitrogens with zero attached hydrogens (tertiary/aromatic N) is 2. The summed E-state index contributed by atoms with van der Waals surface area (Å²) in [4.78, 5) is 16.8. The second-order valence-corrected chi connectivity index (χ2v) is 8.93. The first kappa shape index (κ1) is 18.5. The number of fused-ring (bicyclic) bond motifs is 1. The first-order valence-electron chi connectivity index (χ1n) is 10.3. The lowest BCUT2D eigenvalue weighted by Gasteiger charge is -2.32. The molecule has 2 aliphatic rings. The van der Waals surface area contributed by atoms with Crippen LogP contribution in [0.1, 0.15) is 58.9 Å². The van der Waals surface area contributed by atoms with Crippen molar-refractivity contribution in [3.8, 4) is 11.3 Å². The van der Waals surface area contributed by atoms with E-state index in [4.69, 9.17) is 0 Å². The van der Waals surface area contributed by atoms with Gasteiger partial charge in [-0.25, -0.2) is 0 Å². The van der Waals surface area contributed by atoms with Gasteiger partial charge in [0.15, 0.2) is 0 Å². The highest BCUT2D eigenvalue weighted by molar-refractivity contribution is 7.98. The monoisotopic (exact) mass is 403 g/mol. The molecule has 1 N–H and O–H groups in total. The van der Waals surface area contributed by atoms with E-state index in [1.807, 2.05) is 0 Å². The first-order valence-corrected chi connectivity index (χ1v) is 11.5. The molecule has 1 saturated carbocycles. The molecule has 0 bridgehead atoms. The Morgan fingerprint density at radius 1 is 1.03 bits per heavy atom. The van der Waals surface area contributed by atoms with Crippen molar-refractivity contribution in [1.82, 2.24) is 15.1 Å². The predicted octanol–water partition coefficient (Wildman–Crippen LogP) is 5.59. The van der Waals surface area contributed by atoms with Crippen LogP contribution in [0, 0.1) is 6.92 Å². The van der Waals surface area contributed by atoms with Gasteiger partial charge in [0.1, 0.15) is 5.69 Å². The summed E-state index contributed by atoms with van der Waals surface area (Å²) in [7, 11) is 0. The zero-order valence-corrected chi connectivity index (χ0v) is 17.6. The van der Waals surface area contributed by atoms with Crippen LogP contribution in [0.2, 0.25) is 0 Å². The number of rotatable bonds is 4. The van der Waals surface area contributed by atoms with E-state index in [2.05, 4.69) is 76.8 Å². The molecule has 1 atom stereocenters. The maximum Gasteiger partial charge on any atom is 0.273 e.